The zero-order valence-corrected chi connectivity index (χ0v) is 42.9. The van der Waals surface area contributed by atoms with Crippen LogP contribution in [-0.4, -0.2) is 9.13 Å². The number of fused-ring (bicyclic) bond motifs is 26. The Kier molecular flexibility index (Phi) is 7.82. The molecule has 0 bridgehead atoms. The fourth-order valence-corrected chi connectivity index (χ4v) is 16.5. The summed E-state index contributed by atoms with van der Waals surface area (Å²) in [7, 11) is 0. The molecule has 2 spiro atoms. The van der Waals surface area contributed by atoms with E-state index in [0.717, 1.165) is 101 Å². The lowest BCUT2D eigenvalue weighted by Crippen LogP contribution is -2.46. The molecule has 10 aromatic carbocycles. The maximum Gasteiger partial charge on any atom is 0.205 e. The van der Waals surface area contributed by atoms with E-state index < -0.39 is 10.8 Å². The highest BCUT2D eigenvalue weighted by atomic mass is 32.1. The molecule has 0 radical (unpaired) electrons. The number of hydrogen-bond donors (Lipinski definition) is 0. The van der Waals surface area contributed by atoms with Crippen molar-refractivity contribution in [1.82, 2.24) is 9.13 Å². The van der Waals surface area contributed by atoms with Crippen molar-refractivity contribution in [3.8, 4) is 34.8 Å². The zero-order valence-electron chi connectivity index (χ0n) is 41.3. The number of rotatable bonds is 2. The number of aromatic nitrogens is 2. The van der Waals surface area contributed by atoms with E-state index in [9.17, 15) is 0 Å². The minimum Gasteiger partial charge on any atom is -0.457 e. The van der Waals surface area contributed by atoms with Crippen LogP contribution in [0, 0.1) is 0 Å². The van der Waals surface area contributed by atoms with Crippen molar-refractivity contribution < 1.29 is 18.3 Å². The molecule has 16 aromatic rings. The van der Waals surface area contributed by atoms with Gasteiger partial charge in [0.2, 0.25) is 11.8 Å². The number of nitrogens with zero attached hydrogens (tertiary/aromatic N) is 2. The van der Waals surface area contributed by atoms with Crippen molar-refractivity contribution in [2.24, 2.45) is 0 Å². The molecule has 8 heterocycles. The van der Waals surface area contributed by atoms with Gasteiger partial charge in [-0.15, -0.1) is 22.7 Å². The standard InChI is InChI=1S/C70H38N2O4S2/c1-9-25-53-39(17-1)43-35-63-45(41-19-3-15-31-61(41)77-63)33-55(43)71(53)65-37-51-67(75-65)70(49-23-7-13-29-59(49)74-60-30-14-8-24-50(60)70)52-38-66(76-68(52)69(51)47-21-5-11-27-57(47)73-58-28-12-6-22-48(58)69)72-54-26-10-2-18-40(54)44-36-64-46(34-56(44)72)42-20-4-16-32-62(42)78-64/h1-38H. The highest BCUT2D eigenvalue weighted by Crippen LogP contribution is 2.68. The van der Waals surface area contributed by atoms with Crippen molar-refractivity contribution in [1.29, 1.82) is 0 Å². The molecule has 0 N–H and O–H groups in total. The SMILES string of the molecule is c1ccc2c(c1)Oc1ccccc1C21c2cc(-n3c4ccccc4c4cc5sc6ccccc6c5cc43)oc2C2(c3ccccc3Oc3ccccc32)c2cc(-n3c4ccccc4c4cc5sc6ccccc6c5cc43)oc21. The third-order valence-corrected chi connectivity index (χ3v) is 19.6. The van der Waals surface area contributed by atoms with E-state index in [1.165, 1.54) is 51.1 Å². The average Bonchev–Trinajstić information content (AvgIpc) is 2.63. The molecule has 0 amide bonds. The summed E-state index contributed by atoms with van der Waals surface area (Å²) in [6, 6.07) is 83.1. The fraction of sp³-hybridized carbons (Fsp3) is 0.0286. The Bertz CT molecular complexity index is 4860. The Balaban J connectivity index is 1.00. The Labute approximate surface area is 452 Å². The molecular formula is C70H38N2O4S2. The van der Waals surface area contributed by atoms with Crippen LogP contribution in [0.2, 0.25) is 0 Å². The van der Waals surface area contributed by atoms with Gasteiger partial charge < -0.3 is 18.3 Å². The first-order valence-electron chi connectivity index (χ1n) is 26.4. The van der Waals surface area contributed by atoms with Crippen LogP contribution in [0.4, 0.5) is 0 Å². The molecule has 0 unspecified atom stereocenters. The van der Waals surface area contributed by atoms with E-state index in [2.05, 4.69) is 240 Å². The molecule has 3 aliphatic rings. The quantitative estimate of drug-likeness (QED) is 0.173. The van der Waals surface area contributed by atoms with Crippen LogP contribution in [0.3, 0.4) is 0 Å². The van der Waals surface area contributed by atoms with Gasteiger partial charge in [-0.25, -0.2) is 0 Å². The van der Waals surface area contributed by atoms with E-state index >= 15 is 0 Å². The van der Waals surface area contributed by atoms with Gasteiger partial charge >= 0.3 is 0 Å². The van der Waals surface area contributed by atoms with Gasteiger partial charge in [0.05, 0.1) is 22.1 Å². The maximum absolute atomic E-state index is 8.11. The van der Waals surface area contributed by atoms with Crippen LogP contribution in [0.1, 0.15) is 44.9 Å². The topological polar surface area (TPSA) is 54.6 Å². The van der Waals surface area contributed by atoms with Gasteiger partial charge in [-0.05, 0) is 72.8 Å². The molecule has 6 aromatic heterocycles. The van der Waals surface area contributed by atoms with E-state index in [0.29, 0.717) is 11.8 Å². The number of benzene rings is 10. The molecule has 6 nitrogen and oxygen atoms in total. The minimum absolute atomic E-state index is 0.700. The second kappa shape index (κ2) is 14.7. The number of furan rings is 2. The van der Waals surface area contributed by atoms with Gasteiger partial charge in [0, 0.05) is 107 Å². The summed E-state index contributed by atoms with van der Waals surface area (Å²) in [6.45, 7) is 0. The van der Waals surface area contributed by atoms with Gasteiger partial charge in [-0.1, -0.05) is 146 Å². The van der Waals surface area contributed by atoms with Crippen LogP contribution < -0.4 is 9.47 Å². The molecule has 0 atom stereocenters. The first-order chi connectivity index (χ1) is 38.6. The van der Waals surface area contributed by atoms with Crippen LogP contribution in [-0.2, 0) is 10.8 Å². The summed E-state index contributed by atoms with van der Waals surface area (Å²) in [5.41, 5.74) is 7.82. The molecule has 0 saturated carbocycles. The fourth-order valence-electron chi connectivity index (χ4n) is 14.2. The van der Waals surface area contributed by atoms with Crippen LogP contribution in [0.15, 0.2) is 239 Å². The molecule has 8 heteroatoms. The second-order valence-corrected chi connectivity index (χ2v) is 23.1. The van der Waals surface area contributed by atoms with Crippen molar-refractivity contribution in [2.45, 2.75) is 10.8 Å². The molecule has 19 rings (SSSR count). The Morgan fingerprint density at radius 2 is 0.615 bits per heavy atom. The number of ether oxygens (including phenoxy) is 2. The van der Waals surface area contributed by atoms with E-state index in [-0.39, 0.29) is 0 Å². The van der Waals surface area contributed by atoms with Gasteiger partial charge in [0.25, 0.3) is 0 Å². The summed E-state index contributed by atoms with van der Waals surface area (Å²) >= 11 is 3.69. The van der Waals surface area contributed by atoms with Crippen molar-refractivity contribution in [3.63, 3.8) is 0 Å². The Hall–Kier alpha value is -9.60. The monoisotopic (exact) mass is 1030 g/mol. The van der Waals surface area contributed by atoms with Crippen molar-refractivity contribution in [3.05, 3.63) is 275 Å². The first-order valence-corrected chi connectivity index (χ1v) is 28.0. The Morgan fingerprint density at radius 3 is 1.03 bits per heavy atom. The summed E-state index contributed by atoms with van der Waals surface area (Å²) in [5.74, 6) is 5.99. The van der Waals surface area contributed by atoms with Crippen molar-refractivity contribution in [2.75, 3.05) is 0 Å². The lowest BCUT2D eigenvalue weighted by Gasteiger charge is -2.48. The van der Waals surface area contributed by atoms with Gasteiger partial charge in [0.1, 0.15) is 45.3 Å². The molecule has 364 valence electrons. The molecule has 1 aliphatic carbocycles. The predicted molar refractivity (Wildman–Crippen MR) is 316 cm³/mol. The second-order valence-electron chi connectivity index (χ2n) is 21.0. The van der Waals surface area contributed by atoms with Gasteiger partial charge in [-0.2, -0.15) is 0 Å². The third-order valence-electron chi connectivity index (χ3n) is 17.3. The van der Waals surface area contributed by atoms with Gasteiger partial charge in [0.15, 0.2) is 0 Å². The first kappa shape index (κ1) is 41.6. The smallest absolute Gasteiger partial charge is 0.205 e. The van der Waals surface area contributed by atoms with Crippen LogP contribution in [0.5, 0.6) is 23.0 Å². The summed E-state index contributed by atoms with van der Waals surface area (Å²) in [6.07, 6.45) is 0. The van der Waals surface area contributed by atoms with Crippen molar-refractivity contribution >= 4 is 107 Å². The predicted octanol–water partition coefficient (Wildman–Crippen LogP) is 19.1. The van der Waals surface area contributed by atoms with E-state index in [4.69, 9.17) is 18.3 Å². The average molecular weight is 1040 g/mol. The molecule has 0 saturated heterocycles. The number of para-hydroxylation sites is 6. The molecule has 0 fully saturated rings. The lowest BCUT2D eigenvalue weighted by atomic mass is 9.54. The van der Waals surface area contributed by atoms with E-state index in [1.54, 1.807) is 0 Å². The molecule has 2 aliphatic heterocycles. The van der Waals surface area contributed by atoms with E-state index in [1.807, 2.05) is 22.7 Å². The van der Waals surface area contributed by atoms with Crippen LogP contribution in [0.25, 0.3) is 95.7 Å². The summed E-state index contributed by atoms with van der Waals surface area (Å²) in [5, 5.41) is 9.59. The Morgan fingerprint density at radius 1 is 0.269 bits per heavy atom. The lowest BCUT2D eigenvalue weighted by molar-refractivity contribution is 0.348. The maximum atomic E-state index is 8.11. The molecular weight excluding hydrogens is 997 g/mol. The summed E-state index contributed by atoms with van der Waals surface area (Å²) in [4.78, 5) is 0. The summed E-state index contributed by atoms with van der Waals surface area (Å²) < 4.78 is 40.0. The van der Waals surface area contributed by atoms with Gasteiger partial charge in [-0.3, -0.25) is 9.13 Å². The molecule has 78 heavy (non-hydrogen) atoms. The highest BCUT2D eigenvalue weighted by Gasteiger charge is 2.63. The largest absolute Gasteiger partial charge is 0.457 e. The minimum atomic E-state index is -1.10. The number of thiophene rings is 2. The van der Waals surface area contributed by atoms with Crippen LogP contribution >= 0.6 is 22.7 Å². The number of hydrogen-bond acceptors (Lipinski definition) is 6. The normalized spacial score (nSPS) is 14.6. The zero-order chi connectivity index (χ0) is 50.6. The third kappa shape index (κ3) is 5.00. The highest BCUT2D eigenvalue weighted by molar-refractivity contribution is 7.26.